The van der Waals surface area contributed by atoms with Gasteiger partial charge in [0.05, 0.1) is 13.3 Å². The maximum atomic E-state index is 13.1. The number of amides is 2. The van der Waals surface area contributed by atoms with Gasteiger partial charge in [-0.15, -0.1) is 0 Å². The van der Waals surface area contributed by atoms with E-state index in [4.69, 9.17) is 4.74 Å². The Morgan fingerprint density at radius 3 is 2.57 bits per heavy atom. The molecule has 0 saturated heterocycles. The topological polar surface area (TPSA) is 79.4 Å². The van der Waals surface area contributed by atoms with E-state index in [9.17, 15) is 13.6 Å². The first kappa shape index (κ1) is 16.4. The van der Waals surface area contributed by atoms with Gasteiger partial charge in [0.2, 0.25) is 0 Å². The van der Waals surface area contributed by atoms with Crippen molar-refractivity contribution in [3.63, 3.8) is 0 Å². The summed E-state index contributed by atoms with van der Waals surface area (Å²) in [5, 5.41) is 4.93. The first-order valence-corrected chi connectivity index (χ1v) is 6.52. The van der Waals surface area contributed by atoms with Gasteiger partial charge in [-0.05, 0) is 12.1 Å². The first-order chi connectivity index (χ1) is 10.9. The molecule has 0 bridgehead atoms. The highest BCUT2D eigenvalue weighted by Crippen LogP contribution is 2.23. The molecule has 2 rings (SSSR count). The molecule has 1 aromatic carbocycles. The van der Waals surface area contributed by atoms with Gasteiger partial charge in [-0.2, -0.15) is 4.98 Å². The normalized spacial score (nSPS) is 10.1. The average Bonchev–Trinajstić information content (AvgIpc) is 2.51. The summed E-state index contributed by atoms with van der Waals surface area (Å²) in [6.45, 7) is 0. The highest BCUT2D eigenvalue weighted by molar-refractivity contribution is 6.01. The Morgan fingerprint density at radius 1 is 1.22 bits per heavy atom. The molecule has 2 amide bonds. The summed E-state index contributed by atoms with van der Waals surface area (Å²) in [6, 6.07) is 2.56. The van der Waals surface area contributed by atoms with Gasteiger partial charge in [0.25, 0.3) is 0 Å². The zero-order chi connectivity index (χ0) is 17.0. The largest absolute Gasteiger partial charge is 0.467 e. The smallest absolute Gasteiger partial charge is 0.323 e. The monoisotopic (exact) mass is 323 g/mol. The van der Waals surface area contributed by atoms with Gasteiger partial charge in [-0.25, -0.2) is 18.6 Å². The molecule has 2 N–H and O–H groups in total. The number of urea groups is 1. The number of halogens is 2. The van der Waals surface area contributed by atoms with Crippen molar-refractivity contribution in [2.24, 2.45) is 0 Å². The average molecular weight is 323 g/mol. The summed E-state index contributed by atoms with van der Waals surface area (Å²) in [5.41, 5.74) is 0.443. The van der Waals surface area contributed by atoms with Gasteiger partial charge in [0, 0.05) is 25.8 Å². The van der Waals surface area contributed by atoms with E-state index < -0.39 is 17.7 Å². The van der Waals surface area contributed by atoms with Crippen LogP contribution in [-0.2, 0) is 0 Å². The van der Waals surface area contributed by atoms with Crippen molar-refractivity contribution in [2.45, 2.75) is 0 Å². The molecule has 0 fully saturated rings. The molecule has 0 unspecified atom stereocenters. The number of anilines is 3. The lowest BCUT2D eigenvalue weighted by atomic mass is 10.3. The molecular weight excluding hydrogens is 308 g/mol. The fourth-order valence-corrected chi connectivity index (χ4v) is 1.74. The summed E-state index contributed by atoms with van der Waals surface area (Å²) < 4.78 is 30.9. The van der Waals surface area contributed by atoms with Gasteiger partial charge in [-0.1, -0.05) is 0 Å². The molecule has 0 spiro atoms. The van der Waals surface area contributed by atoms with E-state index in [0.29, 0.717) is 11.5 Å². The van der Waals surface area contributed by atoms with E-state index in [2.05, 4.69) is 20.6 Å². The van der Waals surface area contributed by atoms with E-state index in [1.807, 2.05) is 0 Å². The van der Waals surface area contributed by atoms with Gasteiger partial charge < -0.3 is 20.3 Å². The summed E-state index contributed by atoms with van der Waals surface area (Å²) in [6.07, 6.45) is 1.38. The van der Waals surface area contributed by atoms with E-state index in [1.165, 1.54) is 19.4 Å². The van der Waals surface area contributed by atoms with Gasteiger partial charge in [-0.3, -0.25) is 0 Å². The van der Waals surface area contributed by atoms with Crippen LogP contribution in [0, 0.1) is 11.6 Å². The minimum absolute atomic E-state index is 0.113. The van der Waals surface area contributed by atoms with Crippen LogP contribution in [0.3, 0.4) is 0 Å². The number of hydrogen-bond acceptors (Lipinski definition) is 5. The van der Waals surface area contributed by atoms with Crippen LogP contribution in [0.2, 0.25) is 0 Å². The number of rotatable bonds is 4. The third kappa shape index (κ3) is 4.02. The van der Waals surface area contributed by atoms with Crippen molar-refractivity contribution in [3.8, 4) is 6.01 Å². The number of nitrogens with zero attached hydrogens (tertiary/aromatic N) is 3. The molecular formula is C14H15F2N5O2. The zero-order valence-electron chi connectivity index (χ0n) is 12.7. The Kier molecular flexibility index (Phi) is 4.89. The van der Waals surface area contributed by atoms with Crippen molar-refractivity contribution in [3.05, 3.63) is 36.0 Å². The lowest BCUT2D eigenvalue weighted by Crippen LogP contribution is -2.22. The van der Waals surface area contributed by atoms with Crippen LogP contribution < -0.4 is 20.3 Å². The van der Waals surface area contributed by atoms with Crippen molar-refractivity contribution >= 4 is 23.2 Å². The van der Waals surface area contributed by atoms with Crippen molar-refractivity contribution in [2.75, 3.05) is 36.7 Å². The molecule has 1 heterocycles. The number of ether oxygens (including phenoxy) is 1. The molecule has 0 atom stereocenters. The summed E-state index contributed by atoms with van der Waals surface area (Å²) in [5.74, 6) is -1.61. The molecule has 0 aliphatic carbocycles. The molecule has 23 heavy (non-hydrogen) atoms. The predicted molar refractivity (Wildman–Crippen MR) is 81.9 cm³/mol. The van der Waals surface area contributed by atoms with Crippen LogP contribution in [0.1, 0.15) is 0 Å². The van der Waals surface area contributed by atoms with Gasteiger partial charge >= 0.3 is 12.0 Å². The van der Waals surface area contributed by atoms with Crippen LogP contribution in [-0.4, -0.2) is 37.2 Å². The number of nitrogens with one attached hydrogen (secondary N) is 2. The number of carbonyl (C=O) groups is 1. The SMILES string of the molecule is COc1ncc(NC(=O)Nc2ccc(F)c(F)c2)c(N(C)C)n1. The fraction of sp³-hybridized carbons (Fsp3) is 0.214. The molecule has 0 aliphatic heterocycles. The quantitative estimate of drug-likeness (QED) is 0.903. The summed E-state index contributed by atoms with van der Waals surface area (Å²) >= 11 is 0. The minimum atomic E-state index is -1.05. The minimum Gasteiger partial charge on any atom is -0.467 e. The second-order valence-electron chi connectivity index (χ2n) is 4.70. The fourth-order valence-electron chi connectivity index (χ4n) is 1.74. The highest BCUT2D eigenvalue weighted by Gasteiger charge is 2.13. The second kappa shape index (κ2) is 6.86. The molecule has 122 valence electrons. The predicted octanol–water partition coefficient (Wildman–Crippen LogP) is 2.47. The zero-order valence-corrected chi connectivity index (χ0v) is 12.7. The van der Waals surface area contributed by atoms with Crippen LogP contribution in [0.15, 0.2) is 24.4 Å². The van der Waals surface area contributed by atoms with E-state index >= 15 is 0 Å². The lowest BCUT2D eigenvalue weighted by molar-refractivity contribution is 0.262. The highest BCUT2D eigenvalue weighted by atomic mass is 19.2. The van der Waals surface area contributed by atoms with E-state index in [-0.39, 0.29) is 11.7 Å². The standard InChI is InChI=1S/C14H15F2N5O2/c1-21(2)12-11(7-17-14(20-12)23-3)19-13(22)18-8-4-5-9(15)10(16)6-8/h4-7H,1-3H3,(H2,18,19,22). The number of carbonyl (C=O) groups excluding carboxylic acids is 1. The van der Waals surface area contributed by atoms with E-state index in [1.54, 1.807) is 19.0 Å². The maximum absolute atomic E-state index is 13.1. The maximum Gasteiger partial charge on any atom is 0.323 e. The Labute approximate surface area is 131 Å². The molecule has 0 radical (unpaired) electrons. The third-order valence-corrected chi connectivity index (χ3v) is 2.78. The molecule has 0 saturated carbocycles. The molecule has 2 aromatic rings. The Balaban J connectivity index is 2.15. The first-order valence-electron chi connectivity index (χ1n) is 6.52. The number of benzene rings is 1. The Morgan fingerprint density at radius 2 is 1.96 bits per heavy atom. The summed E-state index contributed by atoms with van der Waals surface area (Å²) in [4.78, 5) is 21.7. The van der Waals surface area contributed by atoms with Crippen molar-refractivity contribution < 1.29 is 18.3 Å². The molecule has 7 nitrogen and oxygen atoms in total. The second-order valence-corrected chi connectivity index (χ2v) is 4.70. The van der Waals surface area contributed by atoms with Crippen LogP contribution >= 0.6 is 0 Å². The van der Waals surface area contributed by atoms with Crippen molar-refractivity contribution in [1.29, 1.82) is 0 Å². The van der Waals surface area contributed by atoms with Gasteiger partial charge in [0.1, 0.15) is 5.69 Å². The number of hydrogen-bond donors (Lipinski definition) is 2. The van der Waals surface area contributed by atoms with Crippen LogP contribution in [0.25, 0.3) is 0 Å². The van der Waals surface area contributed by atoms with E-state index in [0.717, 1.165) is 12.1 Å². The third-order valence-electron chi connectivity index (χ3n) is 2.78. The Bertz CT molecular complexity index is 724. The number of methoxy groups -OCH3 is 1. The molecule has 1 aromatic heterocycles. The molecule has 9 heteroatoms. The van der Waals surface area contributed by atoms with Crippen LogP contribution in [0.4, 0.5) is 30.8 Å². The van der Waals surface area contributed by atoms with Crippen molar-refractivity contribution in [1.82, 2.24) is 9.97 Å². The van der Waals surface area contributed by atoms with Crippen LogP contribution in [0.5, 0.6) is 6.01 Å². The van der Waals surface area contributed by atoms with Gasteiger partial charge in [0.15, 0.2) is 17.5 Å². The molecule has 0 aliphatic rings. The Hall–Kier alpha value is -2.97. The number of aromatic nitrogens is 2. The summed E-state index contributed by atoms with van der Waals surface area (Å²) in [7, 11) is 4.90. The lowest BCUT2D eigenvalue weighted by Gasteiger charge is -2.17.